The fourth-order valence-corrected chi connectivity index (χ4v) is 5.09. The van der Waals surface area contributed by atoms with Crippen molar-refractivity contribution in [1.82, 2.24) is 5.32 Å². The average Bonchev–Trinajstić information content (AvgIpc) is 2.90. The van der Waals surface area contributed by atoms with E-state index >= 15 is 0 Å². The molecule has 1 aromatic rings. The highest BCUT2D eigenvalue weighted by Gasteiger charge is 2.47. The van der Waals surface area contributed by atoms with E-state index in [1.54, 1.807) is 6.26 Å². The van der Waals surface area contributed by atoms with E-state index in [9.17, 15) is 5.11 Å². The van der Waals surface area contributed by atoms with E-state index in [0.29, 0.717) is 18.3 Å². The first-order valence-corrected chi connectivity index (χ1v) is 7.74. The predicted molar refractivity (Wildman–Crippen MR) is 72.5 cm³/mol. The zero-order valence-corrected chi connectivity index (χ0v) is 11.3. The number of aliphatic hydroxyl groups excluding tert-OH is 1. The highest BCUT2D eigenvalue weighted by atomic mass is 16.4. The molecule has 3 nitrogen and oxygen atoms in total. The van der Waals surface area contributed by atoms with Crippen molar-refractivity contribution in [1.29, 1.82) is 0 Å². The second-order valence-corrected chi connectivity index (χ2v) is 6.90. The van der Waals surface area contributed by atoms with E-state index in [2.05, 4.69) is 5.32 Å². The normalized spacial score (nSPS) is 41.6. The third kappa shape index (κ3) is 2.13. The van der Waals surface area contributed by atoms with Crippen LogP contribution < -0.4 is 5.32 Å². The van der Waals surface area contributed by atoms with Crippen LogP contribution >= 0.6 is 0 Å². The smallest absolute Gasteiger partial charge is 0.133 e. The van der Waals surface area contributed by atoms with Crippen molar-refractivity contribution in [3.63, 3.8) is 0 Å². The minimum Gasteiger partial charge on any atom is -0.467 e. The molecule has 4 aliphatic carbocycles. The molecular weight excluding hydrogens is 238 g/mol. The van der Waals surface area contributed by atoms with Crippen LogP contribution in [0, 0.1) is 23.7 Å². The third-order valence-corrected chi connectivity index (χ3v) is 5.65. The minimum atomic E-state index is -0.507. The van der Waals surface area contributed by atoms with Crippen LogP contribution in [0.2, 0.25) is 0 Å². The topological polar surface area (TPSA) is 45.4 Å². The third-order valence-electron chi connectivity index (χ3n) is 5.65. The van der Waals surface area contributed by atoms with Gasteiger partial charge >= 0.3 is 0 Å². The van der Waals surface area contributed by atoms with E-state index in [4.69, 9.17) is 4.42 Å². The summed E-state index contributed by atoms with van der Waals surface area (Å²) in [5.74, 6) is 4.42. The van der Waals surface area contributed by atoms with Crippen molar-refractivity contribution in [2.75, 3.05) is 6.54 Å². The summed E-state index contributed by atoms with van der Waals surface area (Å²) in [5.41, 5.74) is 0. The van der Waals surface area contributed by atoms with Crippen LogP contribution in [-0.2, 0) is 0 Å². The molecular formula is C16H23NO2. The molecule has 0 spiro atoms. The largest absolute Gasteiger partial charge is 0.467 e. The number of furan rings is 1. The summed E-state index contributed by atoms with van der Waals surface area (Å²) in [6.45, 7) is 0.626. The Kier molecular flexibility index (Phi) is 2.92. The number of rotatable bonds is 4. The van der Waals surface area contributed by atoms with E-state index in [-0.39, 0.29) is 0 Å². The highest BCUT2D eigenvalue weighted by Crippen LogP contribution is 2.53. The molecule has 0 radical (unpaired) electrons. The zero-order valence-electron chi connectivity index (χ0n) is 11.3. The molecule has 4 saturated carbocycles. The van der Waals surface area contributed by atoms with Crippen LogP contribution in [0.5, 0.6) is 0 Å². The second-order valence-electron chi connectivity index (χ2n) is 6.90. The SMILES string of the molecule is OC(CNC1C2CC3CC(C2)CC1C3)c1ccco1. The molecule has 1 unspecified atom stereocenters. The molecule has 0 aromatic carbocycles. The first-order valence-electron chi connectivity index (χ1n) is 7.74. The van der Waals surface area contributed by atoms with Gasteiger partial charge in [-0.3, -0.25) is 0 Å². The molecule has 0 saturated heterocycles. The number of aliphatic hydroxyl groups is 1. The maximum atomic E-state index is 10.1. The Labute approximate surface area is 114 Å². The molecule has 4 bridgehead atoms. The number of hydrogen-bond acceptors (Lipinski definition) is 3. The highest BCUT2D eigenvalue weighted by molar-refractivity contribution is 5.04. The molecule has 5 rings (SSSR count). The van der Waals surface area contributed by atoms with E-state index in [1.807, 2.05) is 12.1 Å². The van der Waals surface area contributed by atoms with Gasteiger partial charge in [-0.2, -0.15) is 0 Å². The van der Waals surface area contributed by atoms with Gasteiger partial charge in [0.2, 0.25) is 0 Å². The Morgan fingerprint density at radius 3 is 2.42 bits per heavy atom. The zero-order chi connectivity index (χ0) is 12.8. The van der Waals surface area contributed by atoms with Gasteiger partial charge in [-0.05, 0) is 67.9 Å². The fourth-order valence-electron chi connectivity index (χ4n) is 5.09. The molecule has 4 fully saturated rings. The summed E-state index contributed by atoms with van der Waals surface area (Å²) in [6, 6.07) is 4.32. The second kappa shape index (κ2) is 4.64. The molecule has 1 heterocycles. The quantitative estimate of drug-likeness (QED) is 0.876. The predicted octanol–water partition coefficient (Wildman–Crippen LogP) is 2.73. The first-order chi connectivity index (χ1) is 9.29. The van der Waals surface area contributed by atoms with Crippen molar-refractivity contribution in [2.45, 2.75) is 44.2 Å². The van der Waals surface area contributed by atoms with Crippen molar-refractivity contribution in [2.24, 2.45) is 23.7 Å². The molecule has 1 aromatic heterocycles. The Morgan fingerprint density at radius 1 is 1.16 bits per heavy atom. The van der Waals surface area contributed by atoms with Gasteiger partial charge in [-0.1, -0.05) is 0 Å². The van der Waals surface area contributed by atoms with Gasteiger partial charge in [0, 0.05) is 12.6 Å². The molecule has 19 heavy (non-hydrogen) atoms. The van der Waals surface area contributed by atoms with Gasteiger partial charge in [-0.15, -0.1) is 0 Å². The first kappa shape index (κ1) is 12.0. The summed E-state index contributed by atoms with van der Waals surface area (Å²) < 4.78 is 5.26. The Hall–Kier alpha value is -0.800. The van der Waals surface area contributed by atoms with Crippen LogP contribution in [0.15, 0.2) is 22.8 Å². The lowest BCUT2D eigenvalue weighted by molar-refractivity contribution is -0.0180. The molecule has 4 aliphatic rings. The van der Waals surface area contributed by atoms with Crippen LogP contribution in [0.3, 0.4) is 0 Å². The van der Waals surface area contributed by atoms with E-state index in [0.717, 1.165) is 23.7 Å². The number of nitrogens with one attached hydrogen (secondary N) is 1. The van der Waals surface area contributed by atoms with Crippen LogP contribution in [-0.4, -0.2) is 17.7 Å². The van der Waals surface area contributed by atoms with Gasteiger partial charge in [-0.25, -0.2) is 0 Å². The Balaban J connectivity index is 1.38. The monoisotopic (exact) mass is 261 g/mol. The van der Waals surface area contributed by atoms with Crippen molar-refractivity contribution in [3.05, 3.63) is 24.2 Å². The van der Waals surface area contributed by atoms with Crippen molar-refractivity contribution >= 4 is 0 Å². The summed E-state index contributed by atoms with van der Waals surface area (Å²) >= 11 is 0. The van der Waals surface area contributed by atoms with Crippen molar-refractivity contribution in [3.8, 4) is 0 Å². The lowest BCUT2D eigenvalue weighted by atomic mass is 9.54. The van der Waals surface area contributed by atoms with Gasteiger partial charge in [0.1, 0.15) is 11.9 Å². The summed E-state index contributed by atoms with van der Waals surface area (Å²) in [6.07, 6.45) is 8.29. The van der Waals surface area contributed by atoms with Gasteiger partial charge in [0.25, 0.3) is 0 Å². The Morgan fingerprint density at radius 2 is 1.84 bits per heavy atom. The van der Waals surface area contributed by atoms with E-state index < -0.39 is 6.10 Å². The summed E-state index contributed by atoms with van der Waals surface area (Å²) in [5, 5.41) is 13.8. The number of hydrogen-bond donors (Lipinski definition) is 2. The lowest BCUT2D eigenvalue weighted by Crippen LogP contribution is -2.55. The van der Waals surface area contributed by atoms with Gasteiger partial charge in [0.15, 0.2) is 0 Å². The molecule has 104 valence electrons. The molecule has 3 heteroatoms. The fraction of sp³-hybridized carbons (Fsp3) is 0.750. The Bertz CT molecular complexity index is 400. The van der Waals surface area contributed by atoms with Gasteiger partial charge < -0.3 is 14.8 Å². The molecule has 2 N–H and O–H groups in total. The maximum Gasteiger partial charge on any atom is 0.133 e. The van der Waals surface area contributed by atoms with E-state index in [1.165, 1.54) is 32.1 Å². The average molecular weight is 261 g/mol. The summed E-state index contributed by atoms with van der Waals surface area (Å²) in [4.78, 5) is 0. The summed E-state index contributed by atoms with van der Waals surface area (Å²) in [7, 11) is 0. The van der Waals surface area contributed by atoms with Crippen molar-refractivity contribution < 1.29 is 9.52 Å². The molecule has 0 aliphatic heterocycles. The van der Waals surface area contributed by atoms with Crippen LogP contribution in [0.4, 0.5) is 0 Å². The standard InChI is InChI=1S/C16H23NO2/c18-14(15-2-1-3-19-15)9-17-16-12-5-10-4-11(7-12)8-13(16)6-10/h1-3,10-14,16-18H,4-9H2. The molecule has 1 atom stereocenters. The minimum absolute atomic E-state index is 0.507. The van der Waals surface area contributed by atoms with Gasteiger partial charge in [0.05, 0.1) is 6.26 Å². The lowest BCUT2D eigenvalue weighted by Gasteiger charge is -2.54. The molecule has 0 amide bonds. The van der Waals surface area contributed by atoms with Crippen LogP contribution in [0.1, 0.15) is 44.0 Å². The van der Waals surface area contributed by atoms with Crippen LogP contribution in [0.25, 0.3) is 0 Å². The maximum absolute atomic E-state index is 10.1.